The first-order valence-electron chi connectivity index (χ1n) is 9.18. The number of amides is 1. The summed E-state index contributed by atoms with van der Waals surface area (Å²) in [5, 5.41) is 6.47. The van der Waals surface area contributed by atoms with Crippen molar-refractivity contribution in [1.29, 1.82) is 0 Å². The number of halogens is 2. The van der Waals surface area contributed by atoms with E-state index in [9.17, 15) is 4.79 Å². The maximum atomic E-state index is 12.1. The van der Waals surface area contributed by atoms with Crippen molar-refractivity contribution in [2.24, 2.45) is 0 Å². The lowest BCUT2D eigenvalue weighted by Crippen LogP contribution is -2.41. The van der Waals surface area contributed by atoms with Gasteiger partial charge in [0.2, 0.25) is 5.91 Å². The summed E-state index contributed by atoms with van der Waals surface area (Å²) in [6, 6.07) is 8.85. The zero-order valence-electron chi connectivity index (χ0n) is 15.8. The largest absolute Gasteiger partial charge is 0.376 e. The number of rotatable bonds is 6. The molecule has 0 aliphatic carbocycles. The molecular weight excluding hydrogens is 405 g/mol. The summed E-state index contributed by atoms with van der Waals surface area (Å²) in [5.74, 6) is 2.31. The van der Waals surface area contributed by atoms with Gasteiger partial charge in [0.1, 0.15) is 0 Å². The first-order chi connectivity index (χ1) is 12.2. The van der Waals surface area contributed by atoms with Crippen LogP contribution in [0.2, 0.25) is 0 Å². The molecule has 1 aromatic carbocycles. The molecular formula is C19H31Cl2N3O2S. The number of thioether (sulfide) groups is 1. The first-order valence-corrected chi connectivity index (χ1v) is 10.3. The maximum absolute atomic E-state index is 12.1. The van der Waals surface area contributed by atoms with Crippen molar-refractivity contribution in [3.05, 3.63) is 35.4 Å². The molecule has 2 atom stereocenters. The monoisotopic (exact) mass is 435 g/mol. The summed E-state index contributed by atoms with van der Waals surface area (Å²) in [6.45, 7) is 7.45. The van der Waals surface area contributed by atoms with E-state index in [-0.39, 0.29) is 30.7 Å². The quantitative estimate of drug-likeness (QED) is 0.718. The Morgan fingerprint density at radius 1 is 1.37 bits per heavy atom. The topological polar surface area (TPSA) is 53.6 Å². The van der Waals surface area contributed by atoms with Crippen LogP contribution in [0.15, 0.2) is 24.3 Å². The number of nitrogens with zero attached hydrogens (tertiary/aromatic N) is 1. The zero-order valence-corrected chi connectivity index (χ0v) is 18.3. The van der Waals surface area contributed by atoms with E-state index in [2.05, 4.69) is 46.7 Å². The predicted molar refractivity (Wildman–Crippen MR) is 117 cm³/mol. The molecule has 0 spiro atoms. The van der Waals surface area contributed by atoms with E-state index in [0.29, 0.717) is 25.1 Å². The highest BCUT2D eigenvalue weighted by atomic mass is 35.5. The highest BCUT2D eigenvalue weighted by Gasteiger charge is 2.17. The Morgan fingerprint density at radius 2 is 2.19 bits per heavy atom. The van der Waals surface area contributed by atoms with Gasteiger partial charge in [-0.3, -0.25) is 9.69 Å². The standard InChI is InChI=1S/C19H29N3O2S.2ClH/c1-15-12-22(6-7-24-15)13-17-4-2-3-16(9-17)11-21-19(23)10-18-14-25-8-5-20-18;;/h2-4,9,15,18,20H,5-8,10-14H2,1H3,(H,21,23);2*1H. The van der Waals surface area contributed by atoms with Gasteiger partial charge in [0, 0.05) is 56.7 Å². The van der Waals surface area contributed by atoms with E-state index in [1.165, 1.54) is 5.56 Å². The minimum atomic E-state index is 0. The van der Waals surface area contributed by atoms with E-state index >= 15 is 0 Å². The summed E-state index contributed by atoms with van der Waals surface area (Å²) in [4.78, 5) is 14.6. The molecule has 2 saturated heterocycles. The van der Waals surface area contributed by atoms with Gasteiger partial charge in [0.05, 0.1) is 12.7 Å². The second kappa shape index (κ2) is 12.9. The molecule has 3 rings (SSSR count). The Labute approximate surface area is 179 Å². The van der Waals surface area contributed by atoms with E-state index in [4.69, 9.17) is 4.74 Å². The Kier molecular flexibility index (Phi) is 11.7. The Hall–Kier alpha value is -0.500. The fourth-order valence-corrected chi connectivity index (χ4v) is 4.33. The molecule has 5 nitrogen and oxygen atoms in total. The van der Waals surface area contributed by atoms with Gasteiger partial charge in [-0.05, 0) is 18.1 Å². The van der Waals surface area contributed by atoms with Crippen molar-refractivity contribution in [2.45, 2.75) is 38.6 Å². The highest BCUT2D eigenvalue weighted by molar-refractivity contribution is 7.99. The van der Waals surface area contributed by atoms with E-state index in [0.717, 1.165) is 49.9 Å². The second-order valence-electron chi connectivity index (χ2n) is 6.94. The molecule has 0 aromatic heterocycles. The Bertz CT molecular complexity index is 574. The summed E-state index contributed by atoms with van der Waals surface area (Å²) >= 11 is 1.92. The van der Waals surface area contributed by atoms with Crippen LogP contribution in [-0.2, 0) is 22.6 Å². The molecule has 1 aromatic rings. The van der Waals surface area contributed by atoms with Crippen LogP contribution < -0.4 is 10.6 Å². The van der Waals surface area contributed by atoms with Crippen LogP contribution in [-0.4, -0.2) is 60.7 Å². The number of ether oxygens (including phenoxy) is 1. The molecule has 1 amide bonds. The van der Waals surface area contributed by atoms with Crippen LogP contribution in [0, 0.1) is 0 Å². The van der Waals surface area contributed by atoms with Crippen LogP contribution >= 0.6 is 36.6 Å². The van der Waals surface area contributed by atoms with E-state index in [1.807, 2.05) is 11.8 Å². The van der Waals surface area contributed by atoms with Crippen LogP contribution in [0.25, 0.3) is 0 Å². The number of nitrogens with one attached hydrogen (secondary N) is 2. The van der Waals surface area contributed by atoms with Crippen molar-refractivity contribution in [3.8, 4) is 0 Å². The Balaban J connectivity index is 0.00000182. The molecule has 2 unspecified atom stereocenters. The fourth-order valence-electron chi connectivity index (χ4n) is 3.38. The van der Waals surface area contributed by atoms with Crippen molar-refractivity contribution < 1.29 is 9.53 Å². The molecule has 154 valence electrons. The lowest BCUT2D eigenvalue weighted by atomic mass is 10.1. The van der Waals surface area contributed by atoms with Gasteiger partial charge >= 0.3 is 0 Å². The summed E-state index contributed by atoms with van der Waals surface area (Å²) in [5.41, 5.74) is 2.46. The zero-order chi connectivity index (χ0) is 17.5. The molecule has 2 aliphatic rings. The second-order valence-corrected chi connectivity index (χ2v) is 8.09. The van der Waals surface area contributed by atoms with Crippen molar-refractivity contribution >= 4 is 42.5 Å². The average Bonchev–Trinajstić information content (AvgIpc) is 2.61. The van der Waals surface area contributed by atoms with Crippen LogP contribution in [0.5, 0.6) is 0 Å². The van der Waals surface area contributed by atoms with Crippen molar-refractivity contribution in [3.63, 3.8) is 0 Å². The van der Waals surface area contributed by atoms with Crippen LogP contribution in [0.4, 0.5) is 0 Å². The third-order valence-corrected chi connectivity index (χ3v) is 5.77. The van der Waals surface area contributed by atoms with Gasteiger partial charge in [-0.25, -0.2) is 0 Å². The molecule has 0 bridgehead atoms. The van der Waals surface area contributed by atoms with Gasteiger partial charge < -0.3 is 15.4 Å². The number of hydrogen-bond donors (Lipinski definition) is 2. The smallest absolute Gasteiger partial charge is 0.221 e. The van der Waals surface area contributed by atoms with Gasteiger partial charge in [0.15, 0.2) is 0 Å². The number of benzene rings is 1. The summed E-state index contributed by atoms with van der Waals surface area (Å²) < 4.78 is 5.60. The summed E-state index contributed by atoms with van der Waals surface area (Å²) in [6.07, 6.45) is 0.876. The lowest BCUT2D eigenvalue weighted by molar-refractivity contribution is -0.121. The van der Waals surface area contributed by atoms with Gasteiger partial charge in [-0.1, -0.05) is 24.3 Å². The van der Waals surface area contributed by atoms with Gasteiger partial charge in [-0.2, -0.15) is 11.8 Å². The van der Waals surface area contributed by atoms with Gasteiger partial charge in [-0.15, -0.1) is 24.8 Å². The molecule has 2 heterocycles. The van der Waals surface area contributed by atoms with E-state index < -0.39 is 0 Å². The summed E-state index contributed by atoms with van der Waals surface area (Å²) in [7, 11) is 0. The van der Waals surface area contributed by atoms with Crippen molar-refractivity contribution in [2.75, 3.05) is 37.7 Å². The molecule has 2 N–H and O–H groups in total. The van der Waals surface area contributed by atoms with Crippen LogP contribution in [0.3, 0.4) is 0 Å². The predicted octanol–water partition coefficient (Wildman–Crippen LogP) is 2.46. The lowest BCUT2D eigenvalue weighted by Gasteiger charge is -2.31. The minimum Gasteiger partial charge on any atom is -0.376 e. The minimum absolute atomic E-state index is 0. The number of hydrogen-bond acceptors (Lipinski definition) is 5. The normalized spacial score (nSPS) is 23.0. The first kappa shape index (κ1) is 24.5. The maximum Gasteiger partial charge on any atom is 0.221 e. The molecule has 2 aliphatic heterocycles. The molecule has 8 heteroatoms. The Morgan fingerprint density at radius 3 is 2.93 bits per heavy atom. The van der Waals surface area contributed by atoms with Crippen molar-refractivity contribution in [1.82, 2.24) is 15.5 Å². The third-order valence-electron chi connectivity index (χ3n) is 4.64. The fraction of sp³-hybridized carbons (Fsp3) is 0.632. The molecule has 0 radical (unpaired) electrons. The third kappa shape index (κ3) is 8.59. The molecule has 27 heavy (non-hydrogen) atoms. The highest BCUT2D eigenvalue weighted by Crippen LogP contribution is 2.13. The SMILES string of the molecule is CC1CN(Cc2cccc(CNC(=O)CC3CSCCN3)c2)CCO1.Cl.Cl. The average molecular weight is 436 g/mol. The van der Waals surface area contributed by atoms with Crippen LogP contribution in [0.1, 0.15) is 24.5 Å². The number of carbonyl (C=O) groups excluding carboxylic acids is 1. The molecule has 0 saturated carbocycles. The number of morpholine rings is 1. The van der Waals surface area contributed by atoms with Gasteiger partial charge in [0.25, 0.3) is 0 Å². The molecule has 2 fully saturated rings. The number of carbonyl (C=O) groups is 1. The van der Waals surface area contributed by atoms with E-state index in [1.54, 1.807) is 0 Å².